The molecule has 7 heteroatoms. The Morgan fingerprint density at radius 3 is 2.33 bits per heavy atom. The maximum Gasteiger partial charge on any atom is 0.246 e. The first-order valence-corrected chi connectivity index (χ1v) is 14.8. The Hall–Kier alpha value is -3.19. The highest BCUT2D eigenvalue weighted by molar-refractivity contribution is 5.91. The Bertz CT molecular complexity index is 1310. The van der Waals surface area contributed by atoms with Crippen LogP contribution in [0.1, 0.15) is 88.2 Å². The molecule has 1 saturated carbocycles. The molecule has 2 bridgehead atoms. The van der Waals surface area contributed by atoms with Crippen LogP contribution in [0.3, 0.4) is 0 Å². The van der Waals surface area contributed by atoms with Crippen molar-refractivity contribution in [1.29, 1.82) is 0 Å². The molecule has 4 atom stereocenters. The first-order valence-electron chi connectivity index (χ1n) is 14.8. The molecule has 3 aromatic rings. The van der Waals surface area contributed by atoms with Crippen molar-refractivity contribution in [3.05, 3.63) is 66.0 Å². The number of hydrogen-bond donors (Lipinski definition) is 2. The van der Waals surface area contributed by atoms with Crippen molar-refractivity contribution in [1.82, 2.24) is 25.1 Å². The topological polar surface area (TPSA) is 79.3 Å². The van der Waals surface area contributed by atoms with Gasteiger partial charge in [0.15, 0.2) is 0 Å². The number of piperidine rings is 1. The molecule has 2 amide bonds. The van der Waals surface area contributed by atoms with Gasteiger partial charge < -0.3 is 15.2 Å². The molecular weight excluding hydrogens is 486 g/mol. The summed E-state index contributed by atoms with van der Waals surface area (Å²) in [4.78, 5) is 33.2. The highest BCUT2D eigenvalue weighted by Gasteiger charge is 2.44. The third-order valence-electron chi connectivity index (χ3n) is 9.49. The van der Waals surface area contributed by atoms with Crippen LogP contribution in [0.4, 0.5) is 0 Å². The second kappa shape index (κ2) is 10.8. The van der Waals surface area contributed by atoms with E-state index in [9.17, 15) is 9.59 Å². The Balaban J connectivity index is 1.16. The molecule has 3 fully saturated rings. The molecule has 206 valence electrons. The number of imidazole rings is 1. The Kier molecular flexibility index (Phi) is 7.19. The first-order chi connectivity index (χ1) is 18.9. The number of nitrogens with one attached hydrogen (secondary N) is 2. The average Bonchev–Trinajstić information content (AvgIpc) is 3.60. The van der Waals surface area contributed by atoms with Crippen LogP contribution in [0.5, 0.6) is 0 Å². The van der Waals surface area contributed by atoms with Crippen LogP contribution in [0.15, 0.2) is 54.6 Å². The highest BCUT2D eigenvalue weighted by atomic mass is 16.2. The van der Waals surface area contributed by atoms with E-state index in [1.54, 1.807) is 0 Å². The Morgan fingerprint density at radius 2 is 1.64 bits per heavy atom. The van der Waals surface area contributed by atoms with Crippen molar-refractivity contribution in [2.45, 2.75) is 101 Å². The van der Waals surface area contributed by atoms with Crippen molar-refractivity contribution in [2.24, 2.45) is 0 Å². The summed E-state index contributed by atoms with van der Waals surface area (Å²) < 4.78 is 2.48. The van der Waals surface area contributed by atoms with Crippen LogP contribution in [-0.2, 0) is 9.59 Å². The van der Waals surface area contributed by atoms with Crippen molar-refractivity contribution in [3.63, 3.8) is 0 Å². The number of carbonyl (C=O) groups is 2. The predicted octanol–water partition coefficient (Wildman–Crippen LogP) is 5.21. The summed E-state index contributed by atoms with van der Waals surface area (Å²) >= 11 is 0. The van der Waals surface area contributed by atoms with E-state index in [0.717, 1.165) is 55.6 Å². The highest BCUT2D eigenvalue weighted by Crippen LogP contribution is 2.43. The van der Waals surface area contributed by atoms with Gasteiger partial charge in [0.2, 0.25) is 11.8 Å². The van der Waals surface area contributed by atoms with Gasteiger partial charge in [-0.25, -0.2) is 4.98 Å². The lowest BCUT2D eigenvalue weighted by Gasteiger charge is -2.40. The van der Waals surface area contributed by atoms with E-state index >= 15 is 0 Å². The van der Waals surface area contributed by atoms with Gasteiger partial charge in [-0.2, -0.15) is 0 Å². The molecule has 0 spiro atoms. The van der Waals surface area contributed by atoms with Gasteiger partial charge in [0, 0.05) is 31.6 Å². The minimum Gasteiger partial charge on any atom is -0.347 e. The molecule has 3 aliphatic rings. The number of aromatic nitrogens is 2. The lowest BCUT2D eigenvalue weighted by Crippen LogP contribution is -2.57. The molecule has 3 heterocycles. The number of hydrogen-bond acceptors (Lipinski definition) is 4. The van der Waals surface area contributed by atoms with Gasteiger partial charge in [-0.05, 0) is 69.6 Å². The van der Waals surface area contributed by atoms with Crippen molar-refractivity contribution >= 4 is 22.8 Å². The fourth-order valence-corrected chi connectivity index (χ4v) is 7.75. The maximum atomic E-state index is 13.6. The van der Waals surface area contributed by atoms with Crippen LogP contribution in [0.25, 0.3) is 11.0 Å². The van der Waals surface area contributed by atoms with E-state index in [-0.39, 0.29) is 17.9 Å². The number of fused-ring (bicyclic) bond motifs is 3. The van der Waals surface area contributed by atoms with E-state index in [2.05, 4.69) is 63.4 Å². The molecule has 1 aromatic heterocycles. The number of benzene rings is 2. The fraction of sp³-hybridized carbons (Fsp3) is 0.531. The van der Waals surface area contributed by atoms with Gasteiger partial charge in [-0.15, -0.1) is 0 Å². The molecule has 2 aliphatic heterocycles. The molecule has 39 heavy (non-hydrogen) atoms. The van der Waals surface area contributed by atoms with Crippen LogP contribution < -0.4 is 10.6 Å². The minimum absolute atomic E-state index is 0.0341. The molecule has 6 rings (SSSR count). The molecule has 2 aromatic carbocycles. The fourth-order valence-electron chi connectivity index (χ4n) is 7.75. The molecule has 2 N–H and O–H groups in total. The Labute approximate surface area is 231 Å². The van der Waals surface area contributed by atoms with Crippen LogP contribution in [0.2, 0.25) is 0 Å². The van der Waals surface area contributed by atoms with Gasteiger partial charge in [0.05, 0.1) is 17.1 Å². The van der Waals surface area contributed by atoms with Gasteiger partial charge in [0.1, 0.15) is 11.4 Å². The quantitative estimate of drug-likeness (QED) is 0.422. The van der Waals surface area contributed by atoms with Gasteiger partial charge in [-0.3, -0.25) is 14.5 Å². The zero-order valence-corrected chi connectivity index (χ0v) is 23.2. The van der Waals surface area contributed by atoms with Crippen LogP contribution in [0, 0.1) is 6.92 Å². The van der Waals surface area contributed by atoms with E-state index < -0.39 is 5.54 Å². The summed E-state index contributed by atoms with van der Waals surface area (Å²) in [5.41, 5.74) is 2.69. The predicted molar refractivity (Wildman–Crippen MR) is 153 cm³/mol. The molecule has 1 unspecified atom stereocenters. The summed E-state index contributed by atoms with van der Waals surface area (Å²) in [5.74, 6) is 0.942. The van der Waals surface area contributed by atoms with Crippen LogP contribution >= 0.6 is 0 Å². The zero-order valence-electron chi connectivity index (χ0n) is 23.2. The standard InChI is InChI=1S/C32H41N5O2/c1-22-33-29-12-6-7-13-30(29)37(22)27-20-25-14-15-26(21-27)36(25)19-16-28(24-10-4-3-5-11-24)34-31(39)32(35-23(2)38)17-8-9-18-32/h3-7,10-13,25-28H,8-9,14-21H2,1-2H3,(H,34,39)(H,35,38)/t25-,26+,27?,28-/m0/s1. The second-order valence-corrected chi connectivity index (χ2v) is 12.0. The van der Waals surface area contributed by atoms with E-state index in [0.29, 0.717) is 31.0 Å². The third kappa shape index (κ3) is 5.09. The molecule has 1 aliphatic carbocycles. The zero-order chi connectivity index (χ0) is 27.0. The van der Waals surface area contributed by atoms with Gasteiger partial charge in [-0.1, -0.05) is 55.3 Å². The second-order valence-electron chi connectivity index (χ2n) is 12.0. The number of rotatable bonds is 8. The number of carbonyl (C=O) groups excluding carboxylic acids is 2. The average molecular weight is 528 g/mol. The smallest absolute Gasteiger partial charge is 0.246 e. The normalized spacial score (nSPS) is 25.0. The summed E-state index contributed by atoms with van der Waals surface area (Å²) in [7, 11) is 0. The van der Waals surface area contributed by atoms with Gasteiger partial charge >= 0.3 is 0 Å². The van der Waals surface area contributed by atoms with Crippen molar-refractivity contribution in [3.8, 4) is 0 Å². The van der Waals surface area contributed by atoms with E-state index in [1.807, 2.05) is 18.2 Å². The Morgan fingerprint density at radius 1 is 0.974 bits per heavy atom. The number of aryl methyl sites for hydroxylation is 1. The molecule has 0 radical (unpaired) electrons. The third-order valence-corrected chi connectivity index (χ3v) is 9.49. The van der Waals surface area contributed by atoms with Crippen LogP contribution in [-0.4, -0.2) is 50.4 Å². The van der Waals surface area contributed by atoms with E-state index in [1.165, 1.54) is 25.3 Å². The first kappa shape index (κ1) is 26.1. The lowest BCUT2D eigenvalue weighted by atomic mass is 9.93. The van der Waals surface area contributed by atoms with Gasteiger partial charge in [0.25, 0.3) is 0 Å². The van der Waals surface area contributed by atoms with Crippen molar-refractivity contribution < 1.29 is 9.59 Å². The SMILES string of the molecule is CC(=O)NC1(C(=O)N[C@@H](CCN2[C@@H]3CC[C@H]2CC(n2c(C)nc4ccccc42)C3)c2ccccc2)CCCC1. The monoisotopic (exact) mass is 527 g/mol. The minimum atomic E-state index is -0.776. The van der Waals surface area contributed by atoms with Crippen molar-refractivity contribution in [2.75, 3.05) is 6.54 Å². The number of para-hydroxylation sites is 2. The largest absolute Gasteiger partial charge is 0.347 e. The molecule has 7 nitrogen and oxygen atoms in total. The maximum absolute atomic E-state index is 13.6. The molecule has 2 saturated heterocycles. The number of amides is 2. The van der Waals surface area contributed by atoms with E-state index in [4.69, 9.17) is 4.98 Å². The number of nitrogens with zero attached hydrogens (tertiary/aromatic N) is 3. The lowest BCUT2D eigenvalue weighted by molar-refractivity contribution is -0.133. The summed E-state index contributed by atoms with van der Waals surface area (Å²) in [6.07, 6.45) is 8.97. The summed E-state index contributed by atoms with van der Waals surface area (Å²) in [6, 6.07) is 20.3. The summed E-state index contributed by atoms with van der Waals surface area (Å²) in [5, 5.41) is 6.39. The summed E-state index contributed by atoms with van der Waals surface area (Å²) in [6.45, 7) is 4.60. The molecular formula is C32H41N5O2.